The SMILES string of the molecule is CC(C)c1csc(CNC(=O)c2ccncc2)n1. The van der Waals surface area contributed by atoms with Crippen LogP contribution >= 0.6 is 11.3 Å². The molecule has 0 fully saturated rings. The van der Waals surface area contributed by atoms with Crippen molar-refractivity contribution in [2.75, 3.05) is 0 Å². The largest absolute Gasteiger partial charge is 0.346 e. The van der Waals surface area contributed by atoms with Crippen molar-refractivity contribution in [1.29, 1.82) is 0 Å². The van der Waals surface area contributed by atoms with Gasteiger partial charge >= 0.3 is 0 Å². The Balaban J connectivity index is 1.93. The van der Waals surface area contributed by atoms with E-state index in [-0.39, 0.29) is 5.91 Å². The van der Waals surface area contributed by atoms with Crippen LogP contribution in [0.3, 0.4) is 0 Å². The molecule has 5 heteroatoms. The number of nitrogens with one attached hydrogen (secondary N) is 1. The Morgan fingerprint density at radius 2 is 2.11 bits per heavy atom. The van der Waals surface area contributed by atoms with Gasteiger partial charge < -0.3 is 5.32 Å². The molecule has 0 aliphatic heterocycles. The van der Waals surface area contributed by atoms with Gasteiger partial charge in [0.15, 0.2) is 0 Å². The monoisotopic (exact) mass is 261 g/mol. The number of rotatable bonds is 4. The lowest BCUT2D eigenvalue weighted by Crippen LogP contribution is -2.22. The van der Waals surface area contributed by atoms with E-state index in [4.69, 9.17) is 0 Å². The molecule has 1 N–H and O–H groups in total. The summed E-state index contributed by atoms with van der Waals surface area (Å²) in [5.74, 6) is 0.324. The first-order valence-corrected chi connectivity index (χ1v) is 6.67. The predicted octanol–water partition coefficient (Wildman–Crippen LogP) is 2.59. The highest BCUT2D eigenvalue weighted by Crippen LogP contribution is 2.17. The van der Waals surface area contributed by atoms with Gasteiger partial charge in [-0.15, -0.1) is 11.3 Å². The minimum absolute atomic E-state index is 0.0984. The first-order valence-electron chi connectivity index (χ1n) is 5.79. The van der Waals surface area contributed by atoms with Crippen LogP contribution in [0.25, 0.3) is 0 Å². The molecule has 2 aromatic rings. The molecule has 94 valence electrons. The van der Waals surface area contributed by atoms with Gasteiger partial charge in [-0.25, -0.2) is 4.98 Å². The van der Waals surface area contributed by atoms with Gasteiger partial charge in [-0.05, 0) is 18.1 Å². The lowest BCUT2D eigenvalue weighted by Gasteiger charge is -2.02. The van der Waals surface area contributed by atoms with Gasteiger partial charge in [-0.1, -0.05) is 13.8 Å². The molecule has 2 rings (SSSR count). The minimum atomic E-state index is -0.0984. The maximum atomic E-state index is 11.8. The summed E-state index contributed by atoms with van der Waals surface area (Å²) < 4.78 is 0. The van der Waals surface area contributed by atoms with Gasteiger partial charge in [0.25, 0.3) is 5.91 Å². The van der Waals surface area contributed by atoms with E-state index < -0.39 is 0 Å². The number of hydrogen-bond acceptors (Lipinski definition) is 4. The highest BCUT2D eigenvalue weighted by Gasteiger charge is 2.08. The van der Waals surface area contributed by atoms with Crippen molar-refractivity contribution >= 4 is 17.2 Å². The number of aromatic nitrogens is 2. The molecule has 0 radical (unpaired) electrons. The number of carbonyl (C=O) groups is 1. The van der Waals surface area contributed by atoms with Crippen LogP contribution in [0, 0.1) is 0 Å². The van der Waals surface area contributed by atoms with Crippen LogP contribution in [-0.2, 0) is 6.54 Å². The molecular formula is C13H15N3OS. The summed E-state index contributed by atoms with van der Waals surface area (Å²) >= 11 is 1.58. The van der Waals surface area contributed by atoms with E-state index >= 15 is 0 Å². The van der Waals surface area contributed by atoms with Crippen molar-refractivity contribution in [2.24, 2.45) is 0 Å². The summed E-state index contributed by atoms with van der Waals surface area (Å²) in [7, 11) is 0. The number of hydrogen-bond donors (Lipinski definition) is 1. The lowest BCUT2D eigenvalue weighted by molar-refractivity contribution is 0.0950. The average molecular weight is 261 g/mol. The average Bonchev–Trinajstić information content (AvgIpc) is 2.86. The molecule has 2 aromatic heterocycles. The van der Waals surface area contributed by atoms with Crippen molar-refractivity contribution in [1.82, 2.24) is 15.3 Å². The first kappa shape index (κ1) is 12.7. The van der Waals surface area contributed by atoms with Crippen molar-refractivity contribution in [3.05, 3.63) is 46.2 Å². The summed E-state index contributed by atoms with van der Waals surface area (Å²) in [4.78, 5) is 20.1. The Kier molecular flexibility index (Phi) is 4.04. The van der Waals surface area contributed by atoms with Crippen LogP contribution in [-0.4, -0.2) is 15.9 Å². The molecular weight excluding hydrogens is 246 g/mol. The Labute approximate surface area is 110 Å². The summed E-state index contributed by atoms with van der Waals surface area (Å²) in [6.07, 6.45) is 3.21. The molecule has 0 bridgehead atoms. The second-order valence-corrected chi connectivity index (χ2v) is 5.18. The number of nitrogens with zero attached hydrogens (tertiary/aromatic N) is 2. The van der Waals surface area contributed by atoms with E-state index in [0.29, 0.717) is 18.0 Å². The van der Waals surface area contributed by atoms with Gasteiger partial charge in [0.2, 0.25) is 0 Å². The summed E-state index contributed by atoms with van der Waals surface area (Å²) in [6.45, 7) is 4.68. The second-order valence-electron chi connectivity index (χ2n) is 4.24. The van der Waals surface area contributed by atoms with E-state index in [0.717, 1.165) is 10.7 Å². The molecule has 0 saturated carbocycles. The van der Waals surface area contributed by atoms with Crippen LogP contribution in [0.4, 0.5) is 0 Å². The summed E-state index contributed by atoms with van der Waals surface area (Å²) in [6, 6.07) is 3.38. The normalized spacial score (nSPS) is 10.6. The van der Waals surface area contributed by atoms with Crippen LogP contribution in [0.5, 0.6) is 0 Å². The van der Waals surface area contributed by atoms with Gasteiger partial charge in [0.05, 0.1) is 12.2 Å². The molecule has 0 aliphatic rings. The van der Waals surface area contributed by atoms with Gasteiger partial charge in [-0.2, -0.15) is 0 Å². The Hall–Kier alpha value is -1.75. The van der Waals surface area contributed by atoms with Gasteiger partial charge in [0.1, 0.15) is 5.01 Å². The van der Waals surface area contributed by atoms with Crippen LogP contribution in [0.15, 0.2) is 29.9 Å². The van der Waals surface area contributed by atoms with E-state index in [2.05, 4.69) is 29.1 Å². The zero-order valence-electron chi connectivity index (χ0n) is 10.4. The zero-order chi connectivity index (χ0) is 13.0. The standard InChI is InChI=1S/C13H15N3OS/c1-9(2)11-8-18-12(16-11)7-15-13(17)10-3-5-14-6-4-10/h3-6,8-9H,7H2,1-2H3,(H,15,17). The van der Waals surface area contributed by atoms with Crippen molar-refractivity contribution in [3.8, 4) is 0 Å². The fourth-order valence-electron chi connectivity index (χ4n) is 1.43. The number of amides is 1. The van der Waals surface area contributed by atoms with E-state index in [1.807, 2.05) is 5.38 Å². The molecule has 0 aliphatic carbocycles. The second kappa shape index (κ2) is 5.73. The summed E-state index contributed by atoms with van der Waals surface area (Å²) in [5.41, 5.74) is 1.69. The Bertz CT molecular complexity index is 522. The molecule has 2 heterocycles. The van der Waals surface area contributed by atoms with Gasteiger partial charge in [0, 0.05) is 23.3 Å². The maximum Gasteiger partial charge on any atom is 0.251 e. The third-order valence-electron chi connectivity index (χ3n) is 2.50. The molecule has 18 heavy (non-hydrogen) atoms. The van der Waals surface area contributed by atoms with E-state index in [9.17, 15) is 4.79 Å². The number of thiazole rings is 1. The molecule has 0 unspecified atom stereocenters. The Morgan fingerprint density at radius 1 is 1.39 bits per heavy atom. The van der Waals surface area contributed by atoms with Crippen LogP contribution in [0.1, 0.15) is 40.8 Å². The fraction of sp³-hybridized carbons (Fsp3) is 0.308. The van der Waals surface area contributed by atoms with Crippen molar-refractivity contribution in [3.63, 3.8) is 0 Å². The molecule has 0 aromatic carbocycles. The highest BCUT2D eigenvalue weighted by atomic mass is 32.1. The number of carbonyl (C=O) groups excluding carboxylic acids is 1. The van der Waals surface area contributed by atoms with Crippen molar-refractivity contribution < 1.29 is 4.79 Å². The van der Waals surface area contributed by atoms with E-state index in [1.54, 1.807) is 35.9 Å². The molecule has 1 amide bonds. The first-order chi connectivity index (χ1) is 8.66. The molecule has 0 atom stereocenters. The number of pyridine rings is 1. The van der Waals surface area contributed by atoms with Crippen LogP contribution < -0.4 is 5.32 Å². The zero-order valence-corrected chi connectivity index (χ0v) is 11.2. The quantitative estimate of drug-likeness (QED) is 0.920. The predicted molar refractivity (Wildman–Crippen MR) is 71.6 cm³/mol. The highest BCUT2D eigenvalue weighted by molar-refractivity contribution is 7.09. The third kappa shape index (κ3) is 3.13. The smallest absolute Gasteiger partial charge is 0.251 e. The molecule has 4 nitrogen and oxygen atoms in total. The molecule has 0 spiro atoms. The lowest BCUT2D eigenvalue weighted by atomic mass is 10.2. The third-order valence-corrected chi connectivity index (χ3v) is 3.37. The van der Waals surface area contributed by atoms with Crippen LogP contribution in [0.2, 0.25) is 0 Å². The van der Waals surface area contributed by atoms with Gasteiger partial charge in [-0.3, -0.25) is 9.78 Å². The molecule has 0 saturated heterocycles. The topological polar surface area (TPSA) is 54.9 Å². The summed E-state index contributed by atoms with van der Waals surface area (Å²) in [5, 5.41) is 5.82. The van der Waals surface area contributed by atoms with E-state index in [1.165, 1.54) is 0 Å². The Morgan fingerprint density at radius 3 is 2.72 bits per heavy atom. The minimum Gasteiger partial charge on any atom is -0.346 e. The fourth-order valence-corrected chi connectivity index (χ4v) is 2.33. The van der Waals surface area contributed by atoms with Crippen molar-refractivity contribution in [2.45, 2.75) is 26.3 Å². The maximum absolute atomic E-state index is 11.8.